The monoisotopic (exact) mass is 359 g/mol. The van der Waals surface area contributed by atoms with Crippen molar-refractivity contribution in [1.82, 2.24) is 15.1 Å². The lowest BCUT2D eigenvalue weighted by Crippen LogP contribution is -2.29. The molecule has 27 heavy (non-hydrogen) atoms. The van der Waals surface area contributed by atoms with E-state index in [1.807, 2.05) is 50.2 Å². The first-order valence-corrected chi connectivity index (χ1v) is 8.88. The molecule has 3 aromatic rings. The highest BCUT2D eigenvalue weighted by molar-refractivity contribution is 6.00. The molecule has 1 unspecified atom stereocenters. The second-order valence-corrected chi connectivity index (χ2v) is 6.94. The summed E-state index contributed by atoms with van der Waals surface area (Å²) in [5.41, 5.74) is 5.60. The van der Waals surface area contributed by atoms with Gasteiger partial charge < -0.3 is 10.0 Å². The minimum Gasteiger partial charge on any atom is -0.507 e. The van der Waals surface area contributed by atoms with Crippen molar-refractivity contribution < 1.29 is 9.90 Å². The van der Waals surface area contributed by atoms with Crippen molar-refractivity contribution in [3.8, 4) is 17.0 Å². The van der Waals surface area contributed by atoms with Gasteiger partial charge in [-0.3, -0.25) is 9.89 Å². The smallest absolute Gasteiger partial charge is 0.273 e. The van der Waals surface area contributed by atoms with Crippen LogP contribution in [0.15, 0.2) is 55.1 Å². The molecule has 1 aromatic heterocycles. The minimum atomic E-state index is -0.277. The van der Waals surface area contributed by atoms with E-state index >= 15 is 0 Å². The van der Waals surface area contributed by atoms with Crippen LogP contribution in [0, 0.1) is 13.8 Å². The Morgan fingerprint density at radius 3 is 2.56 bits per heavy atom. The van der Waals surface area contributed by atoms with Crippen LogP contribution >= 0.6 is 0 Å². The Labute approximate surface area is 158 Å². The molecular formula is C22H21N3O2. The SMILES string of the molecule is C=CCN1C(=O)c2[nH]nc(-c3ccc(C)cc3O)c2C1c1ccc(C)cc1. The van der Waals surface area contributed by atoms with Crippen LogP contribution in [-0.4, -0.2) is 32.7 Å². The first-order valence-electron chi connectivity index (χ1n) is 8.88. The molecule has 4 rings (SSSR count). The number of H-pyrrole nitrogens is 1. The number of aryl methyl sites for hydroxylation is 2. The van der Waals surface area contributed by atoms with Crippen LogP contribution in [0.3, 0.4) is 0 Å². The van der Waals surface area contributed by atoms with Gasteiger partial charge in [0, 0.05) is 17.7 Å². The van der Waals surface area contributed by atoms with Gasteiger partial charge in [0.2, 0.25) is 0 Å². The Balaban J connectivity index is 1.92. The fraction of sp³-hybridized carbons (Fsp3) is 0.182. The number of nitrogens with zero attached hydrogens (tertiary/aromatic N) is 2. The van der Waals surface area contributed by atoms with Crippen LogP contribution in [0.4, 0.5) is 0 Å². The van der Waals surface area contributed by atoms with Crippen LogP contribution in [-0.2, 0) is 0 Å². The van der Waals surface area contributed by atoms with E-state index in [1.165, 1.54) is 0 Å². The first-order chi connectivity index (χ1) is 13.0. The Morgan fingerprint density at radius 2 is 1.89 bits per heavy atom. The van der Waals surface area contributed by atoms with Gasteiger partial charge in [0.15, 0.2) is 0 Å². The number of aromatic hydroxyl groups is 1. The normalized spacial score (nSPS) is 15.9. The molecule has 1 atom stereocenters. The number of fused-ring (bicyclic) bond motifs is 1. The van der Waals surface area contributed by atoms with Gasteiger partial charge in [-0.2, -0.15) is 5.10 Å². The molecule has 5 heteroatoms. The molecule has 0 bridgehead atoms. The highest BCUT2D eigenvalue weighted by Crippen LogP contribution is 2.44. The summed E-state index contributed by atoms with van der Waals surface area (Å²) in [4.78, 5) is 14.7. The van der Waals surface area contributed by atoms with E-state index in [0.717, 1.165) is 22.3 Å². The molecule has 136 valence electrons. The van der Waals surface area contributed by atoms with Crippen molar-refractivity contribution in [3.05, 3.63) is 83.1 Å². The summed E-state index contributed by atoms with van der Waals surface area (Å²) >= 11 is 0. The van der Waals surface area contributed by atoms with Gasteiger partial charge >= 0.3 is 0 Å². The maximum atomic E-state index is 13.0. The number of amides is 1. The highest BCUT2D eigenvalue weighted by Gasteiger charge is 2.41. The number of hydrogen-bond donors (Lipinski definition) is 2. The number of phenols is 1. The average molecular weight is 359 g/mol. The zero-order valence-electron chi connectivity index (χ0n) is 15.4. The van der Waals surface area contributed by atoms with E-state index in [1.54, 1.807) is 17.0 Å². The summed E-state index contributed by atoms with van der Waals surface area (Å²) in [6.45, 7) is 8.17. The fourth-order valence-corrected chi connectivity index (χ4v) is 3.67. The summed E-state index contributed by atoms with van der Waals surface area (Å²) in [6.07, 6.45) is 1.72. The van der Waals surface area contributed by atoms with Crippen molar-refractivity contribution in [2.24, 2.45) is 0 Å². The molecule has 2 heterocycles. The number of nitrogens with one attached hydrogen (secondary N) is 1. The Hall–Kier alpha value is -3.34. The molecule has 2 N–H and O–H groups in total. The molecule has 5 nitrogen and oxygen atoms in total. The Morgan fingerprint density at radius 1 is 1.19 bits per heavy atom. The van der Waals surface area contributed by atoms with Gasteiger partial charge in [-0.15, -0.1) is 6.58 Å². The minimum absolute atomic E-state index is 0.110. The molecule has 0 aliphatic carbocycles. The van der Waals surface area contributed by atoms with Crippen molar-refractivity contribution in [1.29, 1.82) is 0 Å². The standard InChI is InChI=1S/C22H21N3O2/c1-4-11-25-21(15-8-5-13(2)6-9-15)18-19(23-24-20(18)22(25)27)16-10-7-14(3)12-17(16)26/h4-10,12,21,26H,1,11H2,2-3H3,(H,23,24). The summed E-state index contributed by atoms with van der Waals surface area (Å²) in [7, 11) is 0. The fourth-order valence-electron chi connectivity index (χ4n) is 3.67. The molecule has 0 spiro atoms. The van der Waals surface area contributed by atoms with E-state index in [0.29, 0.717) is 23.5 Å². The second-order valence-electron chi connectivity index (χ2n) is 6.94. The Kier molecular flexibility index (Phi) is 4.07. The molecular weight excluding hydrogens is 338 g/mol. The van der Waals surface area contributed by atoms with Crippen LogP contribution in [0.25, 0.3) is 11.3 Å². The van der Waals surface area contributed by atoms with Gasteiger partial charge in [0.25, 0.3) is 5.91 Å². The largest absolute Gasteiger partial charge is 0.507 e. The number of hydrogen-bond acceptors (Lipinski definition) is 3. The van der Waals surface area contributed by atoms with Crippen LogP contribution in [0.2, 0.25) is 0 Å². The van der Waals surface area contributed by atoms with E-state index < -0.39 is 0 Å². The zero-order valence-corrected chi connectivity index (χ0v) is 15.4. The van der Waals surface area contributed by atoms with Crippen LogP contribution in [0.1, 0.15) is 38.8 Å². The molecule has 1 aliphatic rings. The molecule has 0 saturated carbocycles. The molecule has 1 aliphatic heterocycles. The predicted octanol–water partition coefficient (Wildman–Crippen LogP) is 4.13. The van der Waals surface area contributed by atoms with Crippen LogP contribution in [0.5, 0.6) is 5.75 Å². The zero-order chi connectivity index (χ0) is 19.1. The van der Waals surface area contributed by atoms with Gasteiger partial charge in [-0.1, -0.05) is 42.0 Å². The Bertz CT molecular complexity index is 1030. The van der Waals surface area contributed by atoms with Crippen molar-refractivity contribution in [3.63, 3.8) is 0 Å². The number of benzene rings is 2. The first kappa shape index (κ1) is 17.1. The van der Waals surface area contributed by atoms with Crippen LogP contribution < -0.4 is 0 Å². The highest BCUT2D eigenvalue weighted by atomic mass is 16.3. The van der Waals surface area contributed by atoms with Gasteiger partial charge in [-0.25, -0.2) is 0 Å². The molecule has 1 amide bonds. The maximum Gasteiger partial charge on any atom is 0.273 e. The third kappa shape index (κ3) is 2.72. The summed E-state index contributed by atoms with van der Waals surface area (Å²) in [5.74, 6) is 0.0439. The van der Waals surface area contributed by atoms with Gasteiger partial charge in [-0.05, 0) is 37.1 Å². The number of phenolic OH excluding ortho intramolecular Hbond substituents is 1. The number of aromatic amines is 1. The third-order valence-electron chi connectivity index (χ3n) is 4.99. The average Bonchev–Trinajstić information content (AvgIpc) is 3.17. The quantitative estimate of drug-likeness (QED) is 0.688. The van der Waals surface area contributed by atoms with Gasteiger partial charge in [0.05, 0.1) is 6.04 Å². The lowest BCUT2D eigenvalue weighted by molar-refractivity contribution is 0.0764. The lowest BCUT2D eigenvalue weighted by Gasteiger charge is -2.25. The van der Waals surface area contributed by atoms with E-state index in [4.69, 9.17) is 0 Å². The molecule has 0 radical (unpaired) electrons. The van der Waals surface area contributed by atoms with E-state index in [2.05, 4.69) is 16.8 Å². The number of rotatable bonds is 4. The summed E-state index contributed by atoms with van der Waals surface area (Å²) in [6, 6.07) is 13.3. The van der Waals surface area contributed by atoms with Gasteiger partial charge in [0.1, 0.15) is 17.1 Å². The predicted molar refractivity (Wildman–Crippen MR) is 105 cm³/mol. The van der Waals surface area contributed by atoms with Crippen molar-refractivity contribution in [2.75, 3.05) is 6.54 Å². The molecule has 2 aromatic carbocycles. The maximum absolute atomic E-state index is 13.0. The number of aromatic nitrogens is 2. The number of carbonyl (C=O) groups is 1. The van der Waals surface area contributed by atoms with Crippen molar-refractivity contribution >= 4 is 5.91 Å². The topological polar surface area (TPSA) is 69.2 Å². The third-order valence-corrected chi connectivity index (χ3v) is 4.99. The lowest BCUT2D eigenvalue weighted by atomic mass is 9.95. The molecule has 0 saturated heterocycles. The summed E-state index contributed by atoms with van der Waals surface area (Å²) in [5, 5.41) is 17.7. The van der Waals surface area contributed by atoms with Crippen molar-refractivity contribution in [2.45, 2.75) is 19.9 Å². The molecule has 0 fully saturated rings. The number of carbonyl (C=O) groups excluding carboxylic acids is 1. The second kappa shape index (κ2) is 6.43. The van der Waals surface area contributed by atoms with E-state index in [-0.39, 0.29) is 17.7 Å². The summed E-state index contributed by atoms with van der Waals surface area (Å²) < 4.78 is 0. The van der Waals surface area contributed by atoms with E-state index in [9.17, 15) is 9.90 Å².